The highest BCUT2D eigenvalue weighted by Gasteiger charge is 2.13. The molecule has 0 saturated heterocycles. The number of carbonyl (C=O) groups excluding carboxylic acids is 2. The number of esters is 2. The minimum absolute atomic E-state index is 0.0220. The van der Waals surface area contributed by atoms with E-state index in [9.17, 15) is 9.59 Å². The van der Waals surface area contributed by atoms with Crippen LogP contribution in [0.5, 0.6) is 0 Å². The topological polar surface area (TPSA) is 52.6 Å². The standard InChI is InChI=1S/C11H19ClO4/c1-3-5-6-9(12)16-11(14)8-7-10(13)15-4-2/h9H,3-8H2,1-2H3. The Morgan fingerprint density at radius 1 is 1.19 bits per heavy atom. The summed E-state index contributed by atoms with van der Waals surface area (Å²) in [7, 11) is 0. The van der Waals surface area contributed by atoms with Gasteiger partial charge in [0.05, 0.1) is 19.4 Å². The summed E-state index contributed by atoms with van der Waals surface area (Å²) in [5.74, 6) is -0.844. The molecule has 0 aliphatic rings. The molecule has 0 aliphatic carbocycles. The van der Waals surface area contributed by atoms with Crippen molar-refractivity contribution in [1.82, 2.24) is 0 Å². The van der Waals surface area contributed by atoms with Crippen LogP contribution in [-0.2, 0) is 19.1 Å². The molecule has 0 aromatic heterocycles. The van der Waals surface area contributed by atoms with Crippen molar-refractivity contribution in [3.05, 3.63) is 0 Å². The first kappa shape index (κ1) is 15.2. The van der Waals surface area contributed by atoms with E-state index in [1.807, 2.05) is 6.92 Å². The van der Waals surface area contributed by atoms with Gasteiger partial charge in [-0.3, -0.25) is 9.59 Å². The quantitative estimate of drug-likeness (QED) is 0.491. The fourth-order valence-electron chi connectivity index (χ4n) is 1.06. The van der Waals surface area contributed by atoms with Crippen LogP contribution in [0.1, 0.15) is 46.0 Å². The fraction of sp³-hybridized carbons (Fsp3) is 0.818. The summed E-state index contributed by atoms with van der Waals surface area (Å²) in [6.45, 7) is 4.07. The van der Waals surface area contributed by atoms with Crippen molar-refractivity contribution < 1.29 is 19.1 Å². The van der Waals surface area contributed by atoms with Gasteiger partial charge in [-0.2, -0.15) is 0 Å². The van der Waals surface area contributed by atoms with Crippen LogP contribution in [0.2, 0.25) is 0 Å². The second kappa shape index (κ2) is 9.46. The van der Waals surface area contributed by atoms with Crippen molar-refractivity contribution >= 4 is 23.5 Å². The minimum Gasteiger partial charge on any atom is -0.466 e. The first-order valence-electron chi connectivity index (χ1n) is 5.59. The average molecular weight is 251 g/mol. The van der Waals surface area contributed by atoms with E-state index in [1.54, 1.807) is 6.92 Å². The Hall–Kier alpha value is -0.770. The van der Waals surface area contributed by atoms with Crippen LogP contribution in [0.4, 0.5) is 0 Å². The number of hydrogen-bond acceptors (Lipinski definition) is 4. The minimum atomic E-state index is -0.588. The molecule has 94 valence electrons. The fourth-order valence-corrected chi connectivity index (χ4v) is 1.32. The average Bonchev–Trinajstić information content (AvgIpc) is 2.24. The van der Waals surface area contributed by atoms with E-state index < -0.39 is 11.5 Å². The van der Waals surface area contributed by atoms with Gasteiger partial charge in [0.15, 0.2) is 5.56 Å². The van der Waals surface area contributed by atoms with Gasteiger partial charge in [0.25, 0.3) is 0 Å². The molecule has 0 bridgehead atoms. The predicted octanol–water partition coefficient (Wildman–Crippen LogP) is 2.63. The van der Waals surface area contributed by atoms with Crippen molar-refractivity contribution in [2.75, 3.05) is 6.61 Å². The van der Waals surface area contributed by atoms with Crippen LogP contribution in [0.15, 0.2) is 0 Å². The zero-order chi connectivity index (χ0) is 12.4. The van der Waals surface area contributed by atoms with E-state index in [1.165, 1.54) is 0 Å². The molecule has 1 unspecified atom stereocenters. The van der Waals surface area contributed by atoms with E-state index in [0.717, 1.165) is 12.8 Å². The third kappa shape index (κ3) is 8.53. The molecule has 0 aliphatic heterocycles. The van der Waals surface area contributed by atoms with Crippen LogP contribution in [0.25, 0.3) is 0 Å². The molecule has 0 radical (unpaired) electrons. The second-order valence-electron chi connectivity index (χ2n) is 3.35. The lowest BCUT2D eigenvalue weighted by atomic mass is 10.2. The summed E-state index contributed by atoms with van der Waals surface area (Å²) >= 11 is 5.77. The third-order valence-electron chi connectivity index (χ3n) is 1.88. The molecule has 5 heteroatoms. The molecular weight excluding hydrogens is 232 g/mol. The highest BCUT2D eigenvalue weighted by molar-refractivity contribution is 6.20. The molecule has 0 amide bonds. The van der Waals surface area contributed by atoms with Gasteiger partial charge in [0.1, 0.15) is 0 Å². The number of unbranched alkanes of at least 4 members (excludes halogenated alkanes) is 1. The highest BCUT2D eigenvalue weighted by Crippen LogP contribution is 2.10. The van der Waals surface area contributed by atoms with Crippen molar-refractivity contribution in [2.45, 2.75) is 51.5 Å². The van der Waals surface area contributed by atoms with E-state index in [2.05, 4.69) is 4.74 Å². The number of rotatable bonds is 8. The molecular formula is C11H19ClO4. The molecule has 4 nitrogen and oxygen atoms in total. The highest BCUT2D eigenvalue weighted by atomic mass is 35.5. The Labute approximate surface area is 101 Å². The summed E-state index contributed by atoms with van der Waals surface area (Å²) in [5, 5.41) is 0. The lowest BCUT2D eigenvalue weighted by molar-refractivity contribution is -0.151. The number of carbonyl (C=O) groups is 2. The Kier molecular flexibility index (Phi) is 9.00. The SMILES string of the molecule is CCCCC(Cl)OC(=O)CCC(=O)OCC. The zero-order valence-electron chi connectivity index (χ0n) is 9.83. The van der Waals surface area contributed by atoms with Gasteiger partial charge in [0.2, 0.25) is 0 Å². The predicted molar refractivity (Wildman–Crippen MR) is 61.1 cm³/mol. The molecule has 0 aromatic rings. The normalized spacial score (nSPS) is 11.9. The van der Waals surface area contributed by atoms with Crippen molar-refractivity contribution in [2.24, 2.45) is 0 Å². The summed E-state index contributed by atoms with van der Waals surface area (Å²) < 4.78 is 9.58. The van der Waals surface area contributed by atoms with Gasteiger partial charge in [-0.1, -0.05) is 24.9 Å². The third-order valence-corrected chi connectivity index (χ3v) is 2.19. The van der Waals surface area contributed by atoms with E-state index in [-0.39, 0.29) is 18.8 Å². The van der Waals surface area contributed by atoms with Gasteiger partial charge in [-0.25, -0.2) is 0 Å². The summed E-state index contributed by atoms with van der Waals surface area (Å²) in [6.07, 6.45) is 2.63. The number of alkyl halides is 1. The molecule has 0 aromatic carbocycles. The molecule has 0 N–H and O–H groups in total. The van der Waals surface area contributed by atoms with Crippen molar-refractivity contribution in [1.29, 1.82) is 0 Å². The van der Waals surface area contributed by atoms with Crippen LogP contribution in [0, 0.1) is 0 Å². The van der Waals surface area contributed by atoms with Crippen molar-refractivity contribution in [3.63, 3.8) is 0 Å². The largest absolute Gasteiger partial charge is 0.466 e. The van der Waals surface area contributed by atoms with Gasteiger partial charge < -0.3 is 9.47 Å². The molecule has 0 rings (SSSR count). The Morgan fingerprint density at radius 3 is 2.38 bits per heavy atom. The maximum atomic E-state index is 11.2. The molecule has 0 fully saturated rings. The smallest absolute Gasteiger partial charge is 0.307 e. The van der Waals surface area contributed by atoms with Gasteiger partial charge in [0, 0.05) is 0 Å². The monoisotopic (exact) mass is 250 g/mol. The van der Waals surface area contributed by atoms with E-state index >= 15 is 0 Å². The lowest BCUT2D eigenvalue weighted by Crippen LogP contribution is -2.14. The molecule has 0 heterocycles. The van der Waals surface area contributed by atoms with Gasteiger partial charge in [-0.15, -0.1) is 0 Å². The maximum absolute atomic E-state index is 11.2. The molecule has 16 heavy (non-hydrogen) atoms. The van der Waals surface area contributed by atoms with E-state index in [0.29, 0.717) is 13.0 Å². The van der Waals surface area contributed by atoms with Crippen LogP contribution in [0.3, 0.4) is 0 Å². The summed E-state index contributed by atoms with van der Waals surface area (Å²) in [4.78, 5) is 22.2. The molecule has 0 saturated carbocycles. The summed E-state index contributed by atoms with van der Waals surface area (Å²) in [5.41, 5.74) is -0.588. The maximum Gasteiger partial charge on any atom is 0.307 e. The van der Waals surface area contributed by atoms with Gasteiger partial charge in [-0.05, 0) is 19.8 Å². The second-order valence-corrected chi connectivity index (χ2v) is 3.83. The number of halogens is 1. The van der Waals surface area contributed by atoms with Gasteiger partial charge >= 0.3 is 11.9 Å². The van der Waals surface area contributed by atoms with Crippen LogP contribution in [-0.4, -0.2) is 24.1 Å². The Morgan fingerprint density at radius 2 is 1.81 bits per heavy atom. The molecule has 0 spiro atoms. The first-order valence-corrected chi connectivity index (χ1v) is 6.03. The Balaban J connectivity index is 3.61. The lowest BCUT2D eigenvalue weighted by Gasteiger charge is -2.10. The number of hydrogen-bond donors (Lipinski definition) is 0. The molecule has 1 atom stereocenters. The summed E-state index contributed by atoms with van der Waals surface area (Å²) in [6, 6.07) is 0. The van der Waals surface area contributed by atoms with Crippen LogP contribution >= 0.6 is 11.6 Å². The Bertz CT molecular complexity index is 218. The first-order chi connectivity index (χ1) is 7.60. The van der Waals surface area contributed by atoms with Crippen molar-refractivity contribution in [3.8, 4) is 0 Å². The zero-order valence-corrected chi connectivity index (χ0v) is 10.6. The van der Waals surface area contributed by atoms with Crippen LogP contribution < -0.4 is 0 Å². The van der Waals surface area contributed by atoms with E-state index in [4.69, 9.17) is 16.3 Å². The number of ether oxygens (including phenoxy) is 2.